The fraction of sp³-hybridized carbons (Fsp3) is 0.611. The predicted molar refractivity (Wildman–Crippen MR) is 88.3 cm³/mol. The second-order valence-corrected chi connectivity index (χ2v) is 7.35. The number of hydrogen-bond acceptors (Lipinski definition) is 6. The van der Waals surface area contributed by atoms with Gasteiger partial charge in [0.25, 0.3) is 5.89 Å². The highest BCUT2D eigenvalue weighted by Gasteiger charge is 2.40. The SMILES string of the molecule is CC(OCc1ccncc1)c1nc([C@@H]2CCO[C@H]2C(C)(C)C)no1. The van der Waals surface area contributed by atoms with Gasteiger partial charge < -0.3 is 14.0 Å². The van der Waals surface area contributed by atoms with Crippen LogP contribution in [0.5, 0.6) is 0 Å². The van der Waals surface area contributed by atoms with Crippen LogP contribution in [0, 0.1) is 5.41 Å². The molecule has 0 spiro atoms. The van der Waals surface area contributed by atoms with Gasteiger partial charge in [-0.05, 0) is 36.5 Å². The Balaban J connectivity index is 1.64. The number of rotatable bonds is 5. The van der Waals surface area contributed by atoms with Gasteiger partial charge in [0.15, 0.2) is 5.82 Å². The first-order chi connectivity index (χ1) is 11.4. The molecule has 2 aromatic rings. The molecule has 0 aliphatic carbocycles. The Labute approximate surface area is 142 Å². The van der Waals surface area contributed by atoms with Gasteiger partial charge in [-0.2, -0.15) is 4.98 Å². The molecular formula is C18H25N3O3. The zero-order chi connectivity index (χ0) is 17.2. The van der Waals surface area contributed by atoms with Crippen molar-refractivity contribution >= 4 is 0 Å². The van der Waals surface area contributed by atoms with E-state index >= 15 is 0 Å². The summed E-state index contributed by atoms with van der Waals surface area (Å²) in [5.41, 5.74) is 1.11. The maximum Gasteiger partial charge on any atom is 0.255 e. The van der Waals surface area contributed by atoms with Crippen molar-refractivity contribution in [1.82, 2.24) is 15.1 Å². The topological polar surface area (TPSA) is 70.3 Å². The smallest absolute Gasteiger partial charge is 0.255 e. The maximum absolute atomic E-state index is 5.90. The minimum Gasteiger partial charge on any atom is -0.377 e. The van der Waals surface area contributed by atoms with Gasteiger partial charge in [0.1, 0.15) is 6.10 Å². The van der Waals surface area contributed by atoms with Crippen molar-refractivity contribution < 1.29 is 14.0 Å². The second-order valence-electron chi connectivity index (χ2n) is 7.35. The van der Waals surface area contributed by atoms with E-state index in [2.05, 4.69) is 35.9 Å². The van der Waals surface area contributed by atoms with Crippen molar-refractivity contribution in [3.63, 3.8) is 0 Å². The molecule has 1 unspecified atom stereocenters. The van der Waals surface area contributed by atoms with Crippen LogP contribution in [0.2, 0.25) is 0 Å². The Bertz CT molecular complexity index is 651. The Kier molecular flexibility index (Phi) is 4.96. The van der Waals surface area contributed by atoms with Gasteiger partial charge in [-0.3, -0.25) is 4.98 Å². The van der Waals surface area contributed by atoms with Crippen molar-refractivity contribution in [1.29, 1.82) is 0 Å². The summed E-state index contributed by atoms with van der Waals surface area (Å²) in [6, 6.07) is 3.85. The van der Waals surface area contributed by atoms with Crippen molar-refractivity contribution in [3.05, 3.63) is 41.8 Å². The third-order valence-electron chi connectivity index (χ3n) is 4.33. The van der Waals surface area contributed by atoms with Crippen LogP contribution in [0.4, 0.5) is 0 Å². The lowest BCUT2D eigenvalue weighted by Crippen LogP contribution is -2.30. The Morgan fingerprint density at radius 3 is 2.75 bits per heavy atom. The molecule has 1 fully saturated rings. The van der Waals surface area contributed by atoms with Crippen molar-refractivity contribution in [3.8, 4) is 0 Å². The second kappa shape index (κ2) is 6.99. The molecule has 0 aromatic carbocycles. The summed E-state index contributed by atoms with van der Waals surface area (Å²) in [5, 5.41) is 4.18. The lowest BCUT2D eigenvalue weighted by molar-refractivity contribution is 0.0193. The third kappa shape index (κ3) is 3.82. The van der Waals surface area contributed by atoms with Crippen molar-refractivity contribution in [2.75, 3.05) is 6.61 Å². The van der Waals surface area contributed by atoms with Crippen LogP contribution in [0.25, 0.3) is 0 Å². The molecule has 2 aromatic heterocycles. The zero-order valence-electron chi connectivity index (χ0n) is 14.7. The van der Waals surface area contributed by atoms with Gasteiger partial charge in [-0.1, -0.05) is 25.9 Å². The molecule has 3 rings (SSSR count). The molecular weight excluding hydrogens is 306 g/mol. The fourth-order valence-electron chi connectivity index (χ4n) is 3.04. The number of nitrogens with zero attached hydrogens (tertiary/aromatic N) is 3. The standard InChI is InChI=1S/C18H25N3O3/c1-12(23-11-13-5-8-19-9-6-13)17-20-16(21-24-17)14-7-10-22-15(14)18(2,3)4/h5-6,8-9,12,14-15H,7,10-11H2,1-4H3/t12?,14-,15-/m1/s1. The summed E-state index contributed by atoms with van der Waals surface area (Å²) in [5.74, 6) is 1.41. The monoisotopic (exact) mass is 331 g/mol. The predicted octanol–water partition coefficient (Wildman–Crippen LogP) is 3.66. The quantitative estimate of drug-likeness (QED) is 0.832. The lowest BCUT2D eigenvalue weighted by atomic mass is 9.81. The molecule has 0 radical (unpaired) electrons. The van der Waals surface area contributed by atoms with Crippen LogP contribution in [-0.2, 0) is 16.1 Å². The summed E-state index contributed by atoms with van der Waals surface area (Å²) < 4.78 is 17.2. The van der Waals surface area contributed by atoms with E-state index in [1.54, 1.807) is 12.4 Å². The van der Waals surface area contributed by atoms with Gasteiger partial charge in [-0.25, -0.2) is 0 Å². The van der Waals surface area contributed by atoms with E-state index in [9.17, 15) is 0 Å². The van der Waals surface area contributed by atoms with Crippen molar-refractivity contribution in [2.45, 2.75) is 58.8 Å². The van der Waals surface area contributed by atoms with Crippen LogP contribution >= 0.6 is 0 Å². The molecule has 1 saturated heterocycles. The summed E-state index contributed by atoms with van der Waals surface area (Å²) in [6.07, 6.45) is 4.28. The maximum atomic E-state index is 5.90. The number of pyridine rings is 1. The lowest BCUT2D eigenvalue weighted by Gasteiger charge is -2.29. The molecule has 0 saturated carbocycles. The summed E-state index contributed by atoms with van der Waals surface area (Å²) >= 11 is 0. The Morgan fingerprint density at radius 2 is 2.04 bits per heavy atom. The fourth-order valence-corrected chi connectivity index (χ4v) is 3.04. The van der Waals surface area contributed by atoms with E-state index in [-0.39, 0.29) is 23.5 Å². The van der Waals surface area contributed by atoms with E-state index < -0.39 is 0 Å². The molecule has 6 nitrogen and oxygen atoms in total. The van der Waals surface area contributed by atoms with Crippen LogP contribution < -0.4 is 0 Å². The molecule has 3 atom stereocenters. The average Bonchev–Trinajstić information content (AvgIpc) is 3.21. The molecule has 130 valence electrons. The molecule has 1 aliphatic heterocycles. The molecule has 6 heteroatoms. The summed E-state index contributed by atoms with van der Waals surface area (Å²) in [4.78, 5) is 8.57. The largest absolute Gasteiger partial charge is 0.377 e. The summed E-state index contributed by atoms with van der Waals surface area (Å²) in [6.45, 7) is 9.68. The first-order valence-corrected chi connectivity index (χ1v) is 8.41. The minimum absolute atomic E-state index is 0.0470. The molecule has 24 heavy (non-hydrogen) atoms. The molecule has 1 aliphatic rings. The Hall–Kier alpha value is -1.79. The number of ether oxygens (including phenoxy) is 2. The first-order valence-electron chi connectivity index (χ1n) is 8.41. The molecule has 0 bridgehead atoms. The highest BCUT2D eigenvalue weighted by molar-refractivity contribution is 5.08. The highest BCUT2D eigenvalue weighted by Crippen LogP contribution is 2.40. The van der Waals surface area contributed by atoms with Gasteiger partial charge >= 0.3 is 0 Å². The van der Waals surface area contributed by atoms with Gasteiger partial charge in [0.05, 0.1) is 18.6 Å². The van der Waals surface area contributed by atoms with E-state index in [0.29, 0.717) is 12.5 Å². The Morgan fingerprint density at radius 1 is 1.29 bits per heavy atom. The van der Waals surface area contributed by atoms with E-state index in [1.165, 1.54) is 0 Å². The van der Waals surface area contributed by atoms with Crippen molar-refractivity contribution in [2.24, 2.45) is 5.41 Å². The van der Waals surface area contributed by atoms with Crippen LogP contribution in [-0.4, -0.2) is 27.8 Å². The molecule has 0 amide bonds. The first kappa shape index (κ1) is 17.0. The van der Waals surface area contributed by atoms with E-state index in [0.717, 1.165) is 24.4 Å². The minimum atomic E-state index is -0.255. The number of aromatic nitrogens is 3. The zero-order valence-corrected chi connectivity index (χ0v) is 14.7. The van der Waals surface area contributed by atoms with Crippen LogP contribution in [0.1, 0.15) is 63.4 Å². The molecule has 3 heterocycles. The molecule has 0 N–H and O–H groups in total. The van der Waals surface area contributed by atoms with E-state index in [1.807, 2.05) is 19.1 Å². The average molecular weight is 331 g/mol. The number of hydrogen-bond donors (Lipinski definition) is 0. The van der Waals surface area contributed by atoms with Crippen LogP contribution in [0.3, 0.4) is 0 Å². The normalized spacial score (nSPS) is 22.7. The van der Waals surface area contributed by atoms with Crippen LogP contribution in [0.15, 0.2) is 29.0 Å². The van der Waals surface area contributed by atoms with Gasteiger partial charge in [0, 0.05) is 19.0 Å². The third-order valence-corrected chi connectivity index (χ3v) is 4.33. The van der Waals surface area contributed by atoms with Gasteiger partial charge in [-0.15, -0.1) is 0 Å². The van der Waals surface area contributed by atoms with E-state index in [4.69, 9.17) is 14.0 Å². The van der Waals surface area contributed by atoms with Gasteiger partial charge in [0.2, 0.25) is 0 Å². The summed E-state index contributed by atoms with van der Waals surface area (Å²) in [7, 11) is 0. The highest BCUT2D eigenvalue weighted by atomic mass is 16.5.